The van der Waals surface area contributed by atoms with Gasteiger partial charge in [-0.25, -0.2) is 8.42 Å². The number of benzene rings is 3. The highest BCUT2D eigenvalue weighted by atomic mass is 32.2. The minimum atomic E-state index is -4.06. The number of nitrogens with zero attached hydrogens (tertiary/aromatic N) is 1. The topological polar surface area (TPSA) is 84.9 Å². The number of carbonyl (C=O) groups excluding carboxylic acids is 1. The third-order valence-corrected chi connectivity index (χ3v) is 8.31. The van der Waals surface area contributed by atoms with Crippen LogP contribution in [0.4, 0.5) is 5.69 Å². The monoisotopic (exact) mass is 528 g/mol. The number of anilines is 1. The fourth-order valence-corrected chi connectivity index (χ4v) is 5.71. The lowest BCUT2D eigenvalue weighted by atomic mass is 10.2. The Labute approximate surface area is 217 Å². The van der Waals surface area contributed by atoms with Crippen LogP contribution in [0.3, 0.4) is 0 Å². The number of methoxy groups -OCH3 is 2. The summed E-state index contributed by atoms with van der Waals surface area (Å²) in [6.07, 6.45) is 0. The summed E-state index contributed by atoms with van der Waals surface area (Å²) in [6, 6.07) is 19.7. The van der Waals surface area contributed by atoms with Crippen LogP contribution in [-0.2, 0) is 20.6 Å². The van der Waals surface area contributed by atoms with E-state index in [1.165, 1.54) is 43.5 Å². The fraction of sp³-hybridized carbons (Fsp3) is 0.296. The number of rotatable bonds is 12. The van der Waals surface area contributed by atoms with Crippen molar-refractivity contribution in [1.82, 2.24) is 5.32 Å². The quantitative estimate of drug-likeness (QED) is 0.347. The van der Waals surface area contributed by atoms with Crippen LogP contribution in [0.1, 0.15) is 16.7 Å². The first-order chi connectivity index (χ1) is 17.2. The van der Waals surface area contributed by atoms with E-state index in [1.807, 2.05) is 19.1 Å². The molecule has 3 aromatic carbocycles. The molecule has 0 saturated heterocycles. The van der Waals surface area contributed by atoms with Gasteiger partial charge in [0.05, 0.1) is 24.8 Å². The molecule has 0 aromatic heterocycles. The Bertz CT molecular complexity index is 1260. The number of nitrogens with one attached hydrogen (secondary N) is 1. The molecule has 0 aliphatic heterocycles. The van der Waals surface area contributed by atoms with Crippen LogP contribution in [0.2, 0.25) is 0 Å². The number of hydrogen-bond donors (Lipinski definition) is 1. The van der Waals surface area contributed by atoms with E-state index in [2.05, 4.69) is 36.5 Å². The molecule has 0 radical (unpaired) electrons. The first-order valence-electron chi connectivity index (χ1n) is 11.5. The van der Waals surface area contributed by atoms with Crippen molar-refractivity contribution in [2.24, 2.45) is 0 Å². The van der Waals surface area contributed by atoms with Gasteiger partial charge in [-0.1, -0.05) is 47.5 Å². The standard InChI is InChI=1S/C27H32N2O5S2/c1-20-5-9-22(10-6-20)19-35-16-15-28-27(30)18-29(23-11-7-21(2)8-12-23)36(31,32)24-13-14-25(33-3)26(17-24)34-4/h5-14,17H,15-16,18-19H2,1-4H3,(H,28,30). The normalized spacial score (nSPS) is 11.1. The van der Waals surface area contributed by atoms with Crippen LogP contribution in [0.5, 0.6) is 11.5 Å². The molecule has 0 heterocycles. The second kappa shape index (κ2) is 12.7. The van der Waals surface area contributed by atoms with Crippen molar-refractivity contribution >= 4 is 33.4 Å². The number of carbonyl (C=O) groups is 1. The molecule has 0 aliphatic rings. The van der Waals surface area contributed by atoms with Crippen molar-refractivity contribution in [3.63, 3.8) is 0 Å². The van der Waals surface area contributed by atoms with Gasteiger partial charge in [-0.15, -0.1) is 0 Å². The molecule has 0 aliphatic carbocycles. The molecule has 36 heavy (non-hydrogen) atoms. The molecule has 0 unspecified atom stereocenters. The van der Waals surface area contributed by atoms with Crippen LogP contribution in [0.15, 0.2) is 71.6 Å². The molecule has 3 aromatic rings. The fourth-order valence-electron chi connectivity index (χ4n) is 3.45. The van der Waals surface area contributed by atoms with Gasteiger partial charge in [0.2, 0.25) is 5.91 Å². The Morgan fingerprint density at radius 1 is 0.889 bits per heavy atom. The first-order valence-corrected chi connectivity index (χ1v) is 14.1. The van der Waals surface area contributed by atoms with Crippen molar-refractivity contribution in [2.75, 3.05) is 37.4 Å². The number of thioether (sulfide) groups is 1. The second-order valence-corrected chi connectivity index (χ2v) is 11.2. The van der Waals surface area contributed by atoms with E-state index in [0.717, 1.165) is 15.6 Å². The van der Waals surface area contributed by atoms with E-state index in [9.17, 15) is 13.2 Å². The Morgan fingerprint density at radius 2 is 1.50 bits per heavy atom. The average Bonchev–Trinajstić information content (AvgIpc) is 2.88. The van der Waals surface area contributed by atoms with Crippen LogP contribution in [0, 0.1) is 13.8 Å². The van der Waals surface area contributed by atoms with E-state index in [-0.39, 0.29) is 23.1 Å². The summed E-state index contributed by atoms with van der Waals surface area (Å²) < 4.78 is 38.9. The van der Waals surface area contributed by atoms with Gasteiger partial charge in [0.15, 0.2) is 11.5 Å². The molecular formula is C27H32N2O5S2. The maximum Gasteiger partial charge on any atom is 0.264 e. The summed E-state index contributed by atoms with van der Waals surface area (Å²) in [4.78, 5) is 12.8. The minimum Gasteiger partial charge on any atom is -0.493 e. The SMILES string of the molecule is COc1ccc(S(=O)(=O)N(CC(=O)NCCSCc2ccc(C)cc2)c2ccc(C)cc2)cc1OC. The summed E-state index contributed by atoms with van der Waals surface area (Å²) in [6.45, 7) is 4.06. The highest BCUT2D eigenvalue weighted by molar-refractivity contribution is 7.98. The highest BCUT2D eigenvalue weighted by Crippen LogP contribution is 2.32. The zero-order valence-corrected chi connectivity index (χ0v) is 22.6. The second-order valence-electron chi connectivity index (χ2n) is 8.25. The van der Waals surface area contributed by atoms with Crippen molar-refractivity contribution in [1.29, 1.82) is 0 Å². The lowest BCUT2D eigenvalue weighted by Crippen LogP contribution is -2.41. The summed E-state index contributed by atoms with van der Waals surface area (Å²) >= 11 is 1.71. The highest BCUT2D eigenvalue weighted by Gasteiger charge is 2.28. The number of sulfonamides is 1. The predicted molar refractivity (Wildman–Crippen MR) is 146 cm³/mol. The van der Waals surface area contributed by atoms with Gasteiger partial charge < -0.3 is 14.8 Å². The number of hydrogen-bond acceptors (Lipinski definition) is 6. The Kier molecular flexibility index (Phi) is 9.66. The molecule has 9 heteroatoms. The lowest BCUT2D eigenvalue weighted by Gasteiger charge is -2.24. The molecule has 0 spiro atoms. The van der Waals surface area contributed by atoms with Gasteiger partial charge >= 0.3 is 0 Å². The van der Waals surface area contributed by atoms with Gasteiger partial charge in [-0.2, -0.15) is 11.8 Å². The van der Waals surface area contributed by atoms with E-state index in [0.29, 0.717) is 23.7 Å². The minimum absolute atomic E-state index is 0.00202. The summed E-state index contributed by atoms with van der Waals surface area (Å²) in [5.74, 6) is 1.89. The van der Waals surface area contributed by atoms with Gasteiger partial charge in [0.25, 0.3) is 10.0 Å². The van der Waals surface area contributed by atoms with E-state index in [1.54, 1.807) is 23.9 Å². The van der Waals surface area contributed by atoms with E-state index < -0.39 is 10.0 Å². The van der Waals surface area contributed by atoms with Crippen molar-refractivity contribution in [2.45, 2.75) is 24.5 Å². The maximum atomic E-state index is 13.6. The molecule has 0 atom stereocenters. The molecule has 1 N–H and O–H groups in total. The van der Waals surface area contributed by atoms with Crippen LogP contribution < -0.4 is 19.1 Å². The number of amides is 1. The van der Waals surface area contributed by atoms with Crippen molar-refractivity contribution in [3.8, 4) is 11.5 Å². The molecule has 0 saturated carbocycles. The summed E-state index contributed by atoms with van der Waals surface area (Å²) in [5, 5.41) is 2.84. The Hall–Kier alpha value is -3.17. The van der Waals surface area contributed by atoms with Gasteiger partial charge in [0, 0.05) is 24.1 Å². The Morgan fingerprint density at radius 3 is 2.11 bits per heavy atom. The molecule has 7 nitrogen and oxygen atoms in total. The first kappa shape index (κ1) is 27.4. The molecular weight excluding hydrogens is 496 g/mol. The van der Waals surface area contributed by atoms with Crippen LogP contribution in [0.25, 0.3) is 0 Å². The third-order valence-electron chi connectivity index (χ3n) is 5.51. The van der Waals surface area contributed by atoms with E-state index in [4.69, 9.17) is 9.47 Å². The van der Waals surface area contributed by atoms with Crippen molar-refractivity contribution in [3.05, 3.63) is 83.4 Å². The summed E-state index contributed by atoms with van der Waals surface area (Å²) in [7, 11) is -1.14. The number of ether oxygens (including phenoxy) is 2. The largest absolute Gasteiger partial charge is 0.493 e. The predicted octanol–water partition coefficient (Wildman–Crippen LogP) is 4.57. The summed E-state index contributed by atoms with van der Waals surface area (Å²) in [5.41, 5.74) is 3.83. The van der Waals surface area contributed by atoms with Gasteiger partial charge in [0.1, 0.15) is 6.54 Å². The molecule has 192 valence electrons. The smallest absolute Gasteiger partial charge is 0.264 e. The zero-order valence-electron chi connectivity index (χ0n) is 21.0. The molecule has 0 bridgehead atoms. The van der Waals surface area contributed by atoms with E-state index >= 15 is 0 Å². The van der Waals surface area contributed by atoms with Crippen molar-refractivity contribution < 1.29 is 22.7 Å². The zero-order chi connectivity index (χ0) is 26.1. The molecule has 0 fully saturated rings. The Balaban J connectivity index is 1.70. The molecule has 1 amide bonds. The van der Waals surface area contributed by atoms with Gasteiger partial charge in [-0.3, -0.25) is 9.10 Å². The molecule has 3 rings (SSSR count). The average molecular weight is 529 g/mol. The lowest BCUT2D eigenvalue weighted by molar-refractivity contribution is -0.119. The maximum absolute atomic E-state index is 13.6. The third kappa shape index (κ3) is 7.18. The van der Waals surface area contributed by atoms with Crippen LogP contribution >= 0.6 is 11.8 Å². The van der Waals surface area contributed by atoms with Gasteiger partial charge in [-0.05, 0) is 43.7 Å². The number of aryl methyl sites for hydroxylation is 2. The van der Waals surface area contributed by atoms with Crippen LogP contribution in [-0.4, -0.2) is 47.4 Å².